The van der Waals surface area contributed by atoms with Crippen molar-refractivity contribution in [3.63, 3.8) is 0 Å². The molecule has 0 saturated carbocycles. The molecule has 1 aliphatic rings. The van der Waals surface area contributed by atoms with E-state index in [1.807, 2.05) is 0 Å². The van der Waals surface area contributed by atoms with Crippen LogP contribution in [0.25, 0.3) is 5.57 Å². The van der Waals surface area contributed by atoms with Crippen molar-refractivity contribution in [2.24, 2.45) is 0 Å². The fourth-order valence-electron chi connectivity index (χ4n) is 2.95. The summed E-state index contributed by atoms with van der Waals surface area (Å²) in [5.41, 5.74) is 5.60. The molecular formula is C19H21N. The number of hydrogen-bond acceptors (Lipinski definition) is 1. The van der Waals surface area contributed by atoms with Gasteiger partial charge in [0.05, 0.1) is 0 Å². The molecule has 0 N–H and O–H groups in total. The van der Waals surface area contributed by atoms with Gasteiger partial charge in [-0.1, -0.05) is 60.7 Å². The molecule has 0 radical (unpaired) electrons. The van der Waals surface area contributed by atoms with E-state index in [1.54, 1.807) is 0 Å². The highest BCUT2D eigenvalue weighted by atomic mass is 15.0. The van der Waals surface area contributed by atoms with E-state index in [0.29, 0.717) is 5.92 Å². The van der Waals surface area contributed by atoms with Crippen molar-refractivity contribution in [2.45, 2.75) is 12.3 Å². The molecule has 0 aromatic heterocycles. The predicted octanol–water partition coefficient (Wildman–Crippen LogP) is 4.17. The highest BCUT2D eigenvalue weighted by Crippen LogP contribution is 2.40. The molecule has 20 heavy (non-hydrogen) atoms. The van der Waals surface area contributed by atoms with Gasteiger partial charge in [0.25, 0.3) is 0 Å². The Morgan fingerprint density at radius 3 is 2.35 bits per heavy atom. The first-order chi connectivity index (χ1) is 9.75. The SMILES string of the molecule is CN(C)CC[C@H]1C=C(c2ccccc2)c2ccccc21. The Morgan fingerprint density at radius 2 is 1.60 bits per heavy atom. The van der Waals surface area contributed by atoms with Gasteiger partial charge in [-0.05, 0) is 49.3 Å². The topological polar surface area (TPSA) is 3.24 Å². The molecule has 102 valence electrons. The molecule has 0 amide bonds. The van der Waals surface area contributed by atoms with Crippen LogP contribution in [0.5, 0.6) is 0 Å². The van der Waals surface area contributed by atoms with Gasteiger partial charge in [0.15, 0.2) is 0 Å². The Bertz CT molecular complexity index is 611. The lowest BCUT2D eigenvalue weighted by Crippen LogP contribution is -2.14. The fourth-order valence-corrected chi connectivity index (χ4v) is 2.95. The molecule has 3 rings (SSSR count). The Hall–Kier alpha value is -1.86. The number of allylic oxidation sites excluding steroid dienone is 1. The van der Waals surface area contributed by atoms with Crippen LogP contribution in [0.1, 0.15) is 29.0 Å². The smallest absolute Gasteiger partial charge is 0.00456 e. The van der Waals surface area contributed by atoms with Gasteiger partial charge in [-0.25, -0.2) is 0 Å². The monoisotopic (exact) mass is 263 g/mol. The van der Waals surface area contributed by atoms with Gasteiger partial charge in [0.1, 0.15) is 0 Å². The van der Waals surface area contributed by atoms with Crippen molar-refractivity contribution in [3.05, 3.63) is 77.4 Å². The van der Waals surface area contributed by atoms with Gasteiger partial charge >= 0.3 is 0 Å². The molecule has 1 heteroatoms. The maximum absolute atomic E-state index is 2.45. The van der Waals surface area contributed by atoms with Crippen LogP contribution in [-0.4, -0.2) is 25.5 Å². The van der Waals surface area contributed by atoms with Crippen LogP contribution in [-0.2, 0) is 0 Å². The Kier molecular flexibility index (Phi) is 3.70. The molecule has 0 spiro atoms. The summed E-state index contributed by atoms with van der Waals surface area (Å²) in [5.74, 6) is 0.545. The third-order valence-electron chi connectivity index (χ3n) is 3.99. The summed E-state index contributed by atoms with van der Waals surface area (Å²) >= 11 is 0. The molecule has 0 heterocycles. The standard InChI is InChI=1S/C19H21N/c1-20(2)13-12-16-14-19(15-8-4-3-5-9-15)18-11-7-6-10-17(16)18/h3-11,14,16H,12-13H2,1-2H3/t16-/m0/s1. The number of nitrogens with zero attached hydrogens (tertiary/aromatic N) is 1. The first kappa shape index (κ1) is 13.1. The summed E-state index contributed by atoms with van der Waals surface area (Å²) in [6.45, 7) is 1.12. The second-order valence-electron chi connectivity index (χ2n) is 5.73. The van der Waals surface area contributed by atoms with Gasteiger partial charge in [-0.3, -0.25) is 0 Å². The van der Waals surface area contributed by atoms with Crippen LogP contribution < -0.4 is 0 Å². The Labute approximate surface area is 121 Å². The predicted molar refractivity (Wildman–Crippen MR) is 85.9 cm³/mol. The minimum Gasteiger partial charge on any atom is -0.309 e. The normalized spacial score (nSPS) is 17.1. The van der Waals surface area contributed by atoms with Crippen LogP contribution in [0.15, 0.2) is 60.7 Å². The summed E-state index contributed by atoms with van der Waals surface area (Å²) in [6.07, 6.45) is 3.63. The fraction of sp³-hybridized carbons (Fsp3) is 0.263. The third kappa shape index (κ3) is 2.54. The van der Waals surface area contributed by atoms with Crippen LogP contribution in [0.4, 0.5) is 0 Å². The number of benzene rings is 2. The molecule has 0 aliphatic heterocycles. The third-order valence-corrected chi connectivity index (χ3v) is 3.99. The van der Waals surface area contributed by atoms with Crippen LogP contribution >= 0.6 is 0 Å². The van der Waals surface area contributed by atoms with E-state index in [2.05, 4.69) is 79.7 Å². The van der Waals surface area contributed by atoms with E-state index >= 15 is 0 Å². The lowest BCUT2D eigenvalue weighted by Gasteiger charge is -2.14. The van der Waals surface area contributed by atoms with Crippen molar-refractivity contribution >= 4 is 5.57 Å². The molecule has 0 saturated heterocycles. The number of rotatable bonds is 4. The van der Waals surface area contributed by atoms with Gasteiger partial charge in [-0.2, -0.15) is 0 Å². The first-order valence-electron chi connectivity index (χ1n) is 7.27. The van der Waals surface area contributed by atoms with Crippen LogP contribution in [0, 0.1) is 0 Å². The molecule has 1 atom stereocenters. The van der Waals surface area contributed by atoms with Crippen molar-refractivity contribution < 1.29 is 0 Å². The van der Waals surface area contributed by atoms with Crippen molar-refractivity contribution in [1.29, 1.82) is 0 Å². The minimum absolute atomic E-state index is 0.545. The summed E-state index contributed by atoms with van der Waals surface area (Å²) in [5, 5.41) is 0. The summed E-state index contributed by atoms with van der Waals surface area (Å²) in [6, 6.07) is 19.6. The second-order valence-corrected chi connectivity index (χ2v) is 5.73. The molecule has 0 fully saturated rings. The molecule has 1 aliphatic carbocycles. The molecule has 2 aromatic carbocycles. The molecule has 0 bridgehead atoms. The van der Waals surface area contributed by atoms with E-state index in [-0.39, 0.29) is 0 Å². The molecular weight excluding hydrogens is 242 g/mol. The lowest BCUT2D eigenvalue weighted by atomic mass is 9.96. The largest absolute Gasteiger partial charge is 0.309 e. The van der Waals surface area contributed by atoms with Crippen LogP contribution in [0.2, 0.25) is 0 Å². The van der Waals surface area contributed by atoms with Crippen molar-refractivity contribution in [1.82, 2.24) is 4.90 Å². The van der Waals surface area contributed by atoms with E-state index in [1.165, 1.54) is 28.7 Å². The lowest BCUT2D eigenvalue weighted by molar-refractivity contribution is 0.393. The average molecular weight is 263 g/mol. The van der Waals surface area contributed by atoms with Gasteiger partial charge in [0, 0.05) is 5.92 Å². The van der Waals surface area contributed by atoms with E-state index in [9.17, 15) is 0 Å². The zero-order chi connectivity index (χ0) is 13.9. The van der Waals surface area contributed by atoms with Gasteiger partial charge in [-0.15, -0.1) is 0 Å². The number of hydrogen-bond donors (Lipinski definition) is 0. The average Bonchev–Trinajstić information content (AvgIpc) is 2.85. The molecule has 1 nitrogen and oxygen atoms in total. The van der Waals surface area contributed by atoms with Crippen LogP contribution in [0.3, 0.4) is 0 Å². The zero-order valence-electron chi connectivity index (χ0n) is 12.2. The zero-order valence-corrected chi connectivity index (χ0v) is 12.2. The van der Waals surface area contributed by atoms with Crippen molar-refractivity contribution in [3.8, 4) is 0 Å². The van der Waals surface area contributed by atoms with Gasteiger partial charge in [0.2, 0.25) is 0 Å². The Balaban J connectivity index is 1.96. The maximum atomic E-state index is 2.45. The summed E-state index contributed by atoms with van der Waals surface area (Å²) in [4.78, 5) is 2.26. The van der Waals surface area contributed by atoms with E-state index < -0.39 is 0 Å². The summed E-state index contributed by atoms with van der Waals surface area (Å²) in [7, 11) is 4.28. The maximum Gasteiger partial charge on any atom is 0.00456 e. The van der Waals surface area contributed by atoms with E-state index in [0.717, 1.165) is 6.54 Å². The molecule has 2 aromatic rings. The van der Waals surface area contributed by atoms with Gasteiger partial charge < -0.3 is 4.90 Å². The van der Waals surface area contributed by atoms with E-state index in [4.69, 9.17) is 0 Å². The highest BCUT2D eigenvalue weighted by Gasteiger charge is 2.23. The minimum atomic E-state index is 0.545. The highest BCUT2D eigenvalue weighted by molar-refractivity contribution is 5.85. The first-order valence-corrected chi connectivity index (χ1v) is 7.27. The van der Waals surface area contributed by atoms with Crippen molar-refractivity contribution in [2.75, 3.05) is 20.6 Å². The Morgan fingerprint density at radius 1 is 0.900 bits per heavy atom. The summed E-state index contributed by atoms with van der Waals surface area (Å²) < 4.78 is 0. The number of fused-ring (bicyclic) bond motifs is 1. The molecule has 0 unspecified atom stereocenters. The second kappa shape index (κ2) is 5.64. The quantitative estimate of drug-likeness (QED) is 0.800.